The molecule has 22 heavy (non-hydrogen) atoms. The molecule has 0 aliphatic heterocycles. The maximum absolute atomic E-state index is 11.8. The van der Waals surface area contributed by atoms with E-state index in [0.29, 0.717) is 10.9 Å². The third-order valence-corrected chi connectivity index (χ3v) is 3.50. The van der Waals surface area contributed by atoms with Crippen LogP contribution in [-0.2, 0) is 0 Å². The molecule has 0 aliphatic carbocycles. The van der Waals surface area contributed by atoms with Crippen LogP contribution in [0.5, 0.6) is 5.75 Å². The Kier molecular flexibility index (Phi) is 3.14. The van der Waals surface area contributed by atoms with Crippen LogP contribution in [0.2, 0.25) is 0 Å². The van der Waals surface area contributed by atoms with Gasteiger partial charge in [-0.25, -0.2) is 4.79 Å². The number of aryl methyl sites for hydroxylation is 1. The van der Waals surface area contributed by atoms with Crippen molar-refractivity contribution in [2.45, 2.75) is 6.92 Å². The van der Waals surface area contributed by atoms with Crippen LogP contribution < -0.4 is 5.63 Å². The Morgan fingerprint density at radius 3 is 2.50 bits per heavy atom. The lowest BCUT2D eigenvalue weighted by molar-refractivity contribution is -0.385. The first-order chi connectivity index (χ1) is 10.5. The number of hydrogen-bond acceptors (Lipinski definition) is 5. The molecule has 3 aromatic rings. The minimum absolute atomic E-state index is 0.148. The van der Waals surface area contributed by atoms with Gasteiger partial charge in [0.05, 0.1) is 4.92 Å². The van der Waals surface area contributed by atoms with E-state index < -0.39 is 22.0 Å². The highest BCUT2D eigenvalue weighted by atomic mass is 16.6. The third kappa shape index (κ3) is 2.10. The van der Waals surface area contributed by atoms with Crippen molar-refractivity contribution >= 4 is 16.7 Å². The van der Waals surface area contributed by atoms with Gasteiger partial charge in [-0.1, -0.05) is 30.3 Å². The third-order valence-electron chi connectivity index (χ3n) is 3.50. The second kappa shape index (κ2) is 5.00. The maximum atomic E-state index is 11.8. The van der Waals surface area contributed by atoms with Gasteiger partial charge in [-0.05, 0) is 12.5 Å². The molecule has 6 nitrogen and oxygen atoms in total. The number of phenols is 1. The Balaban J connectivity index is 2.48. The molecule has 0 saturated heterocycles. The molecule has 1 aromatic heterocycles. The second-order valence-corrected chi connectivity index (χ2v) is 4.85. The van der Waals surface area contributed by atoms with Crippen LogP contribution in [0.3, 0.4) is 0 Å². The lowest BCUT2D eigenvalue weighted by atomic mass is 9.99. The van der Waals surface area contributed by atoms with E-state index in [9.17, 15) is 20.0 Å². The van der Waals surface area contributed by atoms with E-state index in [0.717, 1.165) is 5.56 Å². The van der Waals surface area contributed by atoms with Gasteiger partial charge in [0.15, 0.2) is 0 Å². The van der Waals surface area contributed by atoms with Crippen molar-refractivity contribution in [2.24, 2.45) is 0 Å². The van der Waals surface area contributed by atoms with Crippen molar-refractivity contribution in [1.29, 1.82) is 0 Å². The van der Waals surface area contributed by atoms with E-state index in [1.165, 1.54) is 19.1 Å². The Labute approximate surface area is 124 Å². The van der Waals surface area contributed by atoms with Crippen molar-refractivity contribution in [2.75, 3.05) is 0 Å². The number of hydrogen-bond donors (Lipinski definition) is 1. The van der Waals surface area contributed by atoms with Gasteiger partial charge in [0.25, 0.3) is 0 Å². The van der Waals surface area contributed by atoms with E-state index in [4.69, 9.17) is 4.42 Å². The molecule has 6 heteroatoms. The van der Waals surface area contributed by atoms with Gasteiger partial charge < -0.3 is 9.52 Å². The molecule has 0 amide bonds. The normalized spacial score (nSPS) is 10.8. The Bertz CT molecular complexity index is 944. The fraction of sp³-hybridized carbons (Fsp3) is 0.0625. The first-order valence-corrected chi connectivity index (χ1v) is 6.49. The topological polar surface area (TPSA) is 93.6 Å². The lowest BCUT2D eigenvalue weighted by Crippen LogP contribution is -2.00. The largest absolute Gasteiger partial charge is 0.502 e. The van der Waals surface area contributed by atoms with Crippen LogP contribution in [0.4, 0.5) is 5.69 Å². The summed E-state index contributed by atoms with van der Waals surface area (Å²) in [6.07, 6.45) is 0. The number of nitro groups is 1. The van der Waals surface area contributed by atoms with Gasteiger partial charge in [0.1, 0.15) is 5.58 Å². The fourth-order valence-electron chi connectivity index (χ4n) is 2.43. The summed E-state index contributed by atoms with van der Waals surface area (Å²) < 4.78 is 5.13. The number of nitrogens with zero attached hydrogens (tertiary/aromatic N) is 1. The highest BCUT2D eigenvalue weighted by Gasteiger charge is 2.22. The predicted molar refractivity (Wildman–Crippen MR) is 81.0 cm³/mol. The summed E-state index contributed by atoms with van der Waals surface area (Å²) in [6, 6.07) is 11.5. The Morgan fingerprint density at radius 2 is 1.86 bits per heavy atom. The zero-order valence-corrected chi connectivity index (χ0v) is 11.6. The van der Waals surface area contributed by atoms with Crippen LogP contribution in [0.1, 0.15) is 5.56 Å². The van der Waals surface area contributed by atoms with E-state index in [-0.39, 0.29) is 11.1 Å². The molecular formula is C16H11NO5. The zero-order chi connectivity index (χ0) is 15.9. The van der Waals surface area contributed by atoms with Crippen LogP contribution >= 0.6 is 0 Å². The smallest absolute Gasteiger partial charge is 0.336 e. The number of rotatable bonds is 2. The highest BCUT2D eigenvalue weighted by Crippen LogP contribution is 2.38. The minimum atomic E-state index is -0.665. The highest BCUT2D eigenvalue weighted by molar-refractivity contribution is 5.97. The average molecular weight is 297 g/mol. The number of nitro benzene ring substituents is 1. The molecule has 0 saturated carbocycles. The summed E-state index contributed by atoms with van der Waals surface area (Å²) in [7, 11) is 0. The summed E-state index contributed by atoms with van der Waals surface area (Å²) >= 11 is 0. The molecule has 0 spiro atoms. The van der Waals surface area contributed by atoms with Crippen molar-refractivity contribution in [3.63, 3.8) is 0 Å². The molecule has 110 valence electrons. The van der Waals surface area contributed by atoms with Gasteiger partial charge in [0, 0.05) is 28.6 Å². The second-order valence-electron chi connectivity index (χ2n) is 4.85. The quantitative estimate of drug-likeness (QED) is 0.444. The molecule has 0 atom stereocenters. The molecule has 3 rings (SSSR count). The summed E-state index contributed by atoms with van der Waals surface area (Å²) in [6.45, 7) is 1.47. The maximum Gasteiger partial charge on any atom is 0.336 e. The molecule has 1 N–H and O–H groups in total. The molecular weight excluding hydrogens is 286 g/mol. The summed E-state index contributed by atoms with van der Waals surface area (Å²) in [5, 5.41) is 21.4. The van der Waals surface area contributed by atoms with Crippen LogP contribution in [0, 0.1) is 17.0 Å². The SMILES string of the molecule is Cc1c(O)c([N+](=O)[O-])cc2c(-c3ccccc3)cc(=O)oc12. The molecule has 2 aromatic carbocycles. The number of aromatic hydroxyl groups is 1. The number of fused-ring (bicyclic) bond motifs is 1. The Hall–Kier alpha value is -3.15. The first-order valence-electron chi connectivity index (χ1n) is 6.49. The van der Waals surface area contributed by atoms with E-state index in [2.05, 4.69) is 0 Å². The molecule has 0 unspecified atom stereocenters. The van der Waals surface area contributed by atoms with Crippen LogP contribution in [0.15, 0.2) is 51.7 Å². The van der Waals surface area contributed by atoms with Gasteiger partial charge in [-0.2, -0.15) is 0 Å². The van der Waals surface area contributed by atoms with Crippen LogP contribution in [-0.4, -0.2) is 10.0 Å². The van der Waals surface area contributed by atoms with Gasteiger partial charge in [-0.15, -0.1) is 0 Å². The van der Waals surface area contributed by atoms with Crippen molar-refractivity contribution in [3.8, 4) is 16.9 Å². The van der Waals surface area contributed by atoms with Crippen LogP contribution in [0.25, 0.3) is 22.1 Å². The molecule has 0 bridgehead atoms. The zero-order valence-electron chi connectivity index (χ0n) is 11.6. The summed E-state index contributed by atoms with van der Waals surface area (Å²) in [4.78, 5) is 22.2. The lowest BCUT2D eigenvalue weighted by Gasteiger charge is -2.09. The standard InChI is InChI=1S/C16H11NO5/c1-9-15(19)13(17(20)21)7-12-11(8-14(18)22-16(9)12)10-5-3-2-4-6-10/h2-8,19H,1H3. The van der Waals surface area contributed by atoms with Gasteiger partial charge in [0.2, 0.25) is 5.75 Å². The van der Waals surface area contributed by atoms with E-state index in [1.807, 2.05) is 6.07 Å². The molecule has 0 aliphatic rings. The van der Waals surface area contributed by atoms with Gasteiger partial charge in [-0.3, -0.25) is 10.1 Å². The van der Waals surface area contributed by atoms with E-state index >= 15 is 0 Å². The van der Waals surface area contributed by atoms with Crippen molar-refractivity contribution in [3.05, 3.63) is 68.6 Å². The summed E-state index contributed by atoms with van der Waals surface area (Å²) in [5.41, 5.74) is 0.574. The molecule has 1 heterocycles. The first kappa shape index (κ1) is 13.8. The van der Waals surface area contributed by atoms with E-state index in [1.54, 1.807) is 24.3 Å². The molecule has 0 radical (unpaired) electrons. The Morgan fingerprint density at radius 1 is 1.18 bits per heavy atom. The van der Waals surface area contributed by atoms with Crippen molar-refractivity contribution in [1.82, 2.24) is 0 Å². The number of phenolic OH excluding ortho intramolecular Hbond substituents is 1. The molecule has 0 fully saturated rings. The number of benzene rings is 2. The monoisotopic (exact) mass is 297 g/mol. The van der Waals surface area contributed by atoms with Gasteiger partial charge >= 0.3 is 11.3 Å². The van der Waals surface area contributed by atoms with Crippen molar-refractivity contribution < 1.29 is 14.4 Å². The summed E-state index contributed by atoms with van der Waals surface area (Å²) in [5.74, 6) is -0.495. The predicted octanol–water partition coefficient (Wildman–Crippen LogP) is 3.38. The minimum Gasteiger partial charge on any atom is -0.502 e. The average Bonchev–Trinajstić information content (AvgIpc) is 2.51. The fourth-order valence-corrected chi connectivity index (χ4v) is 2.43.